The summed E-state index contributed by atoms with van der Waals surface area (Å²) in [5, 5.41) is 10.4. The molecule has 0 spiro atoms. The molecule has 0 aliphatic heterocycles. The average molecular weight is 341 g/mol. The SMILES string of the molecule is CCCCCCCn1c(-c2nonc2NC(C)=O)nc2ccccc21. The van der Waals surface area contributed by atoms with Crippen LogP contribution in [0, 0.1) is 0 Å². The van der Waals surface area contributed by atoms with Gasteiger partial charge in [-0.1, -0.05) is 44.7 Å². The van der Waals surface area contributed by atoms with Gasteiger partial charge in [-0.3, -0.25) is 4.79 Å². The highest BCUT2D eigenvalue weighted by Gasteiger charge is 2.21. The molecule has 2 heterocycles. The van der Waals surface area contributed by atoms with Crippen molar-refractivity contribution in [2.45, 2.75) is 52.5 Å². The molecule has 2 aromatic heterocycles. The summed E-state index contributed by atoms with van der Waals surface area (Å²) in [7, 11) is 0. The molecule has 0 aliphatic rings. The molecule has 3 rings (SSSR count). The van der Waals surface area contributed by atoms with Crippen LogP contribution in [0.1, 0.15) is 46.0 Å². The maximum Gasteiger partial charge on any atom is 0.222 e. The number of benzene rings is 1. The molecule has 7 nitrogen and oxygen atoms in total. The van der Waals surface area contributed by atoms with E-state index in [2.05, 4.69) is 32.1 Å². The first-order valence-electron chi connectivity index (χ1n) is 8.76. The molecule has 3 aromatic rings. The lowest BCUT2D eigenvalue weighted by Gasteiger charge is -2.08. The van der Waals surface area contributed by atoms with Gasteiger partial charge in [0.15, 0.2) is 11.5 Å². The minimum absolute atomic E-state index is 0.223. The van der Waals surface area contributed by atoms with E-state index in [1.54, 1.807) is 0 Å². The lowest BCUT2D eigenvalue weighted by molar-refractivity contribution is -0.114. The van der Waals surface area contributed by atoms with Crippen molar-refractivity contribution >= 4 is 22.8 Å². The van der Waals surface area contributed by atoms with Crippen LogP contribution in [0.5, 0.6) is 0 Å². The Morgan fingerprint density at radius 3 is 2.76 bits per heavy atom. The fourth-order valence-corrected chi connectivity index (χ4v) is 2.94. The summed E-state index contributed by atoms with van der Waals surface area (Å²) in [4.78, 5) is 16.1. The molecule has 7 heteroatoms. The number of aryl methyl sites for hydroxylation is 1. The van der Waals surface area contributed by atoms with Crippen LogP contribution in [0.25, 0.3) is 22.6 Å². The van der Waals surface area contributed by atoms with E-state index in [0.717, 1.165) is 24.0 Å². The van der Waals surface area contributed by atoms with Gasteiger partial charge >= 0.3 is 0 Å². The van der Waals surface area contributed by atoms with Crippen molar-refractivity contribution < 1.29 is 9.42 Å². The molecule has 1 N–H and O–H groups in total. The van der Waals surface area contributed by atoms with E-state index in [0.29, 0.717) is 17.3 Å². The first-order valence-corrected chi connectivity index (χ1v) is 8.76. The van der Waals surface area contributed by atoms with Crippen molar-refractivity contribution in [1.29, 1.82) is 0 Å². The number of carbonyl (C=O) groups is 1. The fourth-order valence-electron chi connectivity index (χ4n) is 2.94. The fraction of sp³-hybridized carbons (Fsp3) is 0.444. The number of hydrogen-bond donors (Lipinski definition) is 1. The van der Waals surface area contributed by atoms with Crippen LogP contribution in [-0.2, 0) is 11.3 Å². The zero-order valence-corrected chi connectivity index (χ0v) is 14.7. The Labute approximate surface area is 146 Å². The third-order valence-corrected chi connectivity index (χ3v) is 4.13. The highest BCUT2D eigenvalue weighted by molar-refractivity contribution is 5.91. The number of hydrogen-bond acceptors (Lipinski definition) is 5. The topological polar surface area (TPSA) is 85.8 Å². The molecule has 0 aliphatic carbocycles. The summed E-state index contributed by atoms with van der Waals surface area (Å²) in [6, 6.07) is 7.97. The largest absolute Gasteiger partial charge is 0.322 e. The second-order valence-corrected chi connectivity index (χ2v) is 6.13. The second kappa shape index (κ2) is 7.92. The molecule has 1 aromatic carbocycles. The molecule has 0 unspecified atom stereocenters. The van der Waals surface area contributed by atoms with Gasteiger partial charge in [0.05, 0.1) is 11.0 Å². The van der Waals surface area contributed by atoms with Gasteiger partial charge in [0.2, 0.25) is 11.7 Å². The Kier molecular flexibility index (Phi) is 5.42. The number of para-hydroxylation sites is 2. The Balaban J connectivity index is 1.93. The van der Waals surface area contributed by atoms with Crippen LogP contribution in [0.2, 0.25) is 0 Å². The van der Waals surface area contributed by atoms with E-state index >= 15 is 0 Å². The normalized spacial score (nSPS) is 11.1. The number of anilines is 1. The number of nitrogens with zero attached hydrogens (tertiary/aromatic N) is 4. The molecular formula is C18H23N5O2. The molecule has 0 saturated carbocycles. The van der Waals surface area contributed by atoms with Crippen molar-refractivity contribution in [1.82, 2.24) is 19.9 Å². The minimum Gasteiger partial charge on any atom is -0.322 e. The molecule has 0 bridgehead atoms. The number of fused-ring (bicyclic) bond motifs is 1. The van der Waals surface area contributed by atoms with Crippen molar-refractivity contribution in [3.8, 4) is 11.5 Å². The Bertz CT molecular complexity index is 852. The number of aromatic nitrogens is 4. The molecule has 0 atom stereocenters. The zero-order chi connectivity index (χ0) is 17.6. The number of rotatable bonds is 8. The van der Waals surface area contributed by atoms with Gasteiger partial charge in [-0.05, 0) is 28.9 Å². The van der Waals surface area contributed by atoms with E-state index in [9.17, 15) is 4.79 Å². The van der Waals surface area contributed by atoms with Crippen molar-refractivity contribution in [2.24, 2.45) is 0 Å². The average Bonchev–Trinajstić information content (AvgIpc) is 3.18. The number of nitrogens with one attached hydrogen (secondary N) is 1. The molecule has 132 valence electrons. The monoisotopic (exact) mass is 341 g/mol. The second-order valence-electron chi connectivity index (χ2n) is 6.13. The van der Waals surface area contributed by atoms with Gasteiger partial charge in [-0.2, -0.15) is 0 Å². The van der Waals surface area contributed by atoms with E-state index in [1.807, 2.05) is 24.3 Å². The smallest absolute Gasteiger partial charge is 0.222 e. The predicted octanol–water partition coefficient (Wildman–Crippen LogP) is 4.02. The zero-order valence-electron chi connectivity index (χ0n) is 14.7. The molecule has 1 amide bonds. The highest BCUT2D eigenvalue weighted by Crippen LogP contribution is 2.28. The molecule has 0 saturated heterocycles. The quantitative estimate of drug-likeness (QED) is 0.626. The Morgan fingerprint density at radius 2 is 1.96 bits per heavy atom. The van der Waals surface area contributed by atoms with Crippen LogP contribution < -0.4 is 5.32 Å². The number of amides is 1. The predicted molar refractivity (Wildman–Crippen MR) is 96.1 cm³/mol. The summed E-state index contributed by atoms with van der Waals surface area (Å²) in [5.74, 6) is 0.746. The number of carbonyl (C=O) groups excluding carboxylic acids is 1. The maximum atomic E-state index is 11.4. The first-order chi connectivity index (χ1) is 12.2. The van der Waals surface area contributed by atoms with Crippen molar-refractivity contribution in [3.63, 3.8) is 0 Å². The van der Waals surface area contributed by atoms with Gasteiger partial charge in [0.25, 0.3) is 0 Å². The lowest BCUT2D eigenvalue weighted by Crippen LogP contribution is -2.08. The molecule has 0 fully saturated rings. The minimum atomic E-state index is -0.223. The number of imidazole rings is 1. The van der Waals surface area contributed by atoms with Crippen LogP contribution in [0.15, 0.2) is 28.9 Å². The van der Waals surface area contributed by atoms with E-state index in [4.69, 9.17) is 4.63 Å². The van der Waals surface area contributed by atoms with Crippen LogP contribution in [0.4, 0.5) is 5.82 Å². The number of unbranched alkanes of at least 4 members (excludes halogenated alkanes) is 4. The Morgan fingerprint density at radius 1 is 1.16 bits per heavy atom. The first kappa shape index (κ1) is 17.1. The summed E-state index contributed by atoms with van der Waals surface area (Å²) >= 11 is 0. The summed E-state index contributed by atoms with van der Waals surface area (Å²) in [6.45, 7) is 4.48. The van der Waals surface area contributed by atoms with Crippen molar-refractivity contribution in [2.75, 3.05) is 5.32 Å². The summed E-state index contributed by atoms with van der Waals surface area (Å²) in [5.41, 5.74) is 2.40. The van der Waals surface area contributed by atoms with Crippen molar-refractivity contribution in [3.05, 3.63) is 24.3 Å². The molecule has 0 radical (unpaired) electrons. The van der Waals surface area contributed by atoms with Crippen LogP contribution in [0.3, 0.4) is 0 Å². The summed E-state index contributed by atoms with van der Waals surface area (Å²) in [6.07, 6.45) is 5.96. The van der Waals surface area contributed by atoms with Crippen LogP contribution in [-0.4, -0.2) is 25.8 Å². The Hall–Kier alpha value is -2.70. The van der Waals surface area contributed by atoms with Gasteiger partial charge in [0, 0.05) is 13.5 Å². The lowest BCUT2D eigenvalue weighted by atomic mass is 10.1. The molecule has 25 heavy (non-hydrogen) atoms. The highest BCUT2D eigenvalue weighted by atomic mass is 16.6. The summed E-state index contributed by atoms with van der Waals surface area (Å²) < 4.78 is 6.97. The standard InChI is InChI=1S/C18H23N5O2/c1-3-4-5-6-9-12-23-15-11-8-7-10-14(15)20-18(23)16-17(19-13(2)24)22-25-21-16/h7-8,10-11H,3-6,9,12H2,1-2H3,(H,19,22,24). The third-order valence-electron chi connectivity index (χ3n) is 4.13. The van der Waals surface area contributed by atoms with Gasteiger partial charge in [-0.25, -0.2) is 9.61 Å². The van der Waals surface area contributed by atoms with E-state index < -0.39 is 0 Å². The maximum absolute atomic E-state index is 11.4. The van der Waals surface area contributed by atoms with Gasteiger partial charge in [-0.15, -0.1) is 0 Å². The third kappa shape index (κ3) is 3.87. The molecular weight excluding hydrogens is 318 g/mol. The van der Waals surface area contributed by atoms with E-state index in [1.165, 1.54) is 32.6 Å². The van der Waals surface area contributed by atoms with Gasteiger partial charge < -0.3 is 9.88 Å². The van der Waals surface area contributed by atoms with Gasteiger partial charge in [0.1, 0.15) is 0 Å². The van der Waals surface area contributed by atoms with Crippen LogP contribution >= 0.6 is 0 Å². The van der Waals surface area contributed by atoms with E-state index in [-0.39, 0.29) is 5.91 Å².